The van der Waals surface area contributed by atoms with Gasteiger partial charge in [-0.15, -0.1) is 0 Å². The number of aromatic nitrogens is 2. The molecule has 2 rings (SSSR count). The van der Waals surface area contributed by atoms with Crippen LogP contribution >= 0.6 is 0 Å². The summed E-state index contributed by atoms with van der Waals surface area (Å²) in [5, 5.41) is 0. The van der Waals surface area contributed by atoms with Gasteiger partial charge in [-0.1, -0.05) is 0 Å². The van der Waals surface area contributed by atoms with Crippen LogP contribution in [0.3, 0.4) is 0 Å². The number of nitrogens with zero attached hydrogens (tertiary/aromatic N) is 2. The maximum absolute atomic E-state index is 5.64. The zero-order chi connectivity index (χ0) is 13.0. The van der Waals surface area contributed by atoms with Gasteiger partial charge >= 0.3 is 0 Å². The van der Waals surface area contributed by atoms with Gasteiger partial charge in [0.05, 0.1) is 18.6 Å². The van der Waals surface area contributed by atoms with Crippen LogP contribution in [0, 0.1) is 0 Å². The van der Waals surface area contributed by atoms with Gasteiger partial charge in [0.2, 0.25) is 0 Å². The molecule has 0 spiro atoms. The molecule has 4 heteroatoms. The first-order chi connectivity index (χ1) is 8.76. The average molecular weight is 245 g/mol. The zero-order valence-corrected chi connectivity index (χ0v) is 10.9. The molecule has 1 aromatic carbocycles. The highest BCUT2D eigenvalue weighted by molar-refractivity contribution is 5.62. The second kappa shape index (κ2) is 5.69. The van der Waals surface area contributed by atoms with Crippen molar-refractivity contribution in [3.05, 3.63) is 36.3 Å². The molecule has 0 atom stereocenters. The lowest BCUT2D eigenvalue weighted by Gasteiger charge is -2.06. The van der Waals surface area contributed by atoms with Gasteiger partial charge in [0.1, 0.15) is 5.75 Å². The van der Waals surface area contributed by atoms with E-state index in [4.69, 9.17) is 10.5 Å². The van der Waals surface area contributed by atoms with Crippen molar-refractivity contribution in [1.29, 1.82) is 0 Å². The fourth-order valence-electron chi connectivity index (χ4n) is 2.00. The number of hydrogen-bond acceptors (Lipinski definition) is 3. The second-order valence-corrected chi connectivity index (χ2v) is 4.15. The summed E-state index contributed by atoms with van der Waals surface area (Å²) in [7, 11) is 2.00. The van der Waals surface area contributed by atoms with E-state index in [2.05, 4.69) is 4.98 Å². The average Bonchev–Trinajstić information content (AvgIpc) is 2.73. The van der Waals surface area contributed by atoms with E-state index in [-0.39, 0.29) is 0 Å². The summed E-state index contributed by atoms with van der Waals surface area (Å²) in [6.07, 6.45) is 2.66. The number of hydrogen-bond donors (Lipinski definition) is 1. The summed E-state index contributed by atoms with van der Waals surface area (Å²) in [6, 6.07) is 8.01. The first-order valence-corrected chi connectivity index (χ1v) is 6.19. The minimum Gasteiger partial charge on any atom is -0.494 e. The molecule has 0 radical (unpaired) electrons. The van der Waals surface area contributed by atoms with Gasteiger partial charge in [0.15, 0.2) is 0 Å². The second-order valence-electron chi connectivity index (χ2n) is 4.15. The summed E-state index contributed by atoms with van der Waals surface area (Å²) < 4.78 is 7.46. The van der Waals surface area contributed by atoms with Crippen LogP contribution in [-0.2, 0) is 13.5 Å². The van der Waals surface area contributed by atoms with Gasteiger partial charge in [0, 0.05) is 24.7 Å². The first kappa shape index (κ1) is 12.6. The summed E-state index contributed by atoms with van der Waals surface area (Å²) >= 11 is 0. The molecule has 96 valence electrons. The normalized spacial score (nSPS) is 10.6. The quantitative estimate of drug-likeness (QED) is 0.876. The Kier molecular flexibility index (Phi) is 3.99. The van der Waals surface area contributed by atoms with E-state index in [1.54, 1.807) is 0 Å². The zero-order valence-electron chi connectivity index (χ0n) is 10.9. The number of ether oxygens (including phenoxy) is 1. The van der Waals surface area contributed by atoms with Gasteiger partial charge in [-0.25, -0.2) is 4.98 Å². The molecule has 0 aliphatic heterocycles. The molecule has 0 amide bonds. The lowest BCUT2D eigenvalue weighted by Crippen LogP contribution is -2.07. The lowest BCUT2D eigenvalue weighted by molar-refractivity contribution is 0.340. The smallest absolute Gasteiger partial charge is 0.119 e. The van der Waals surface area contributed by atoms with Crippen molar-refractivity contribution in [3.63, 3.8) is 0 Å². The molecule has 0 unspecified atom stereocenters. The third-order valence-corrected chi connectivity index (χ3v) is 2.88. The minimum absolute atomic E-state index is 0.629. The molecule has 0 fully saturated rings. The SMILES string of the molecule is CCOc1ccc(-c2ncn(C)c2CCN)cc1. The Labute approximate surface area is 107 Å². The molecule has 1 heterocycles. The van der Waals surface area contributed by atoms with Crippen LogP contribution in [0.25, 0.3) is 11.3 Å². The molecular weight excluding hydrogens is 226 g/mol. The van der Waals surface area contributed by atoms with Crippen molar-refractivity contribution in [2.24, 2.45) is 12.8 Å². The highest BCUT2D eigenvalue weighted by atomic mass is 16.5. The molecule has 4 nitrogen and oxygen atoms in total. The third-order valence-electron chi connectivity index (χ3n) is 2.88. The maximum Gasteiger partial charge on any atom is 0.119 e. The number of benzene rings is 1. The van der Waals surface area contributed by atoms with Crippen LogP contribution in [0.2, 0.25) is 0 Å². The maximum atomic E-state index is 5.64. The number of rotatable bonds is 5. The fraction of sp³-hybridized carbons (Fsp3) is 0.357. The Morgan fingerprint density at radius 2 is 2.00 bits per heavy atom. The van der Waals surface area contributed by atoms with Gasteiger partial charge < -0.3 is 15.0 Å². The van der Waals surface area contributed by atoms with Crippen LogP contribution in [-0.4, -0.2) is 22.7 Å². The highest BCUT2D eigenvalue weighted by Crippen LogP contribution is 2.24. The Bertz CT molecular complexity index is 502. The van der Waals surface area contributed by atoms with Crippen molar-refractivity contribution in [1.82, 2.24) is 9.55 Å². The Balaban J connectivity index is 2.30. The largest absolute Gasteiger partial charge is 0.494 e. The standard InChI is InChI=1S/C14H19N3O/c1-3-18-12-6-4-11(5-7-12)14-13(8-9-15)17(2)10-16-14/h4-7,10H,3,8-9,15H2,1-2H3. The monoisotopic (exact) mass is 245 g/mol. The summed E-state index contributed by atoms with van der Waals surface area (Å²) in [5.74, 6) is 0.887. The summed E-state index contributed by atoms with van der Waals surface area (Å²) in [5.41, 5.74) is 8.91. The first-order valence-electron chi connectivity index (χ1n) is 6.19. The van der Waals surface area contributed by atoms with E-state index in [1.165, 1.54) is 5.69 Å². The third kappa shape index (κ3) is 2.54. The van der Waals surface area contributed by atoms with Crippen molar-refractivity contribution in [2.45, 2.75) is 13.3 Å². The van der Waals surface area contributed by atoms with E-state index in [9.17, 15) is 0 Å². The van der Waals surface area contributed by atoms with Crippen molar-refractivity contribution in [2.75, 3.05) is 13.2 Å². The highest BCUT2D eigenvalue weighted by Gasteiger charge is 2.10. The Morgan fingerprint density at radius 3 is 2.61 bits per heavy atom. The number of nitrogens with two attached hydrogens (primary N) is 1. The predicted octanol–water partition coefficient (Wildman–Crippen LogP) is 1.99. The van der Waals surface area contributed by atoms with E-state index in [0.29, 0.717) is 13.2 Å². The van der Waals surface area contributed by atoms with Gasteiger partial charge in [-0.3, -0.25) is 0 Å². The molecule has 0 bridgehead atoms. The van der Waals surface area contributed by atoms with Gasteiger partial charge in [-0.2, -0.15) is 0 Å². The molecular formula is C14H19N3O. The molecule has 0 aliphatic carbocycles. The molecule has 1 aromatic heterocycles. The van der Waals surface area contributed by atoms with Gasteiger partial charge in [0.25, 0.3) is 0 Å². The fourth-order valence-corrected chi connectivity index (χ4v) is 2.00. The summed E-state index contributed by atoms with van der Waals surface area (Å²) in [6.45, 7) is 3.29. The Hall–Kier alpha value is -1.81. The molecule has 2 N–H and O–H groups in total. The minimum atomic E-state index is 0.629. The predicted molar refractivity (Wildman–Crippen MR) is 72.6 cm³/mol. The van der Waals surface area contributed by atoms with E-state index >= 15 is 0 Å². The lowest BCUT2D eigenvalue weighted by atomic mass is 10.1. The van der Waals surface area contributed by atoms with Crippen LogP contribution in [0.15, 0.2) is 30.6 Å². The van der Waals surface area contributed by atoms with Crippen molar-refractivity contribution in [3.8, 4) is 17.0 Å². The molecule has 2 aromatic rings. The van der Waals surface area contributed by atoms with Crippen molar-refractivity contribution >= 4 is 0 Å². The number of imidazole rings is 1. The van der Waals surface area contributed by atoms with E-state index in [1.807, 2.05) is 49.1 Å². The topological polar surface area (TPSA) is 53.1 Å². The molecule has 18 heavy (non-hydrogen) atoms. The van der Waals surface area contributed by atoms with Gasteiger partial charge in [-0.05, 0) is 37.7 Å². The van der Waals surface area contributed by atoms with Crippen LogP contribution < -0.4 is 10.5 Å². The Morgan fingerprint density at radius 1 is 1.28 bits per heavy atom. The molecule has 0 saturated carbocycles. The van der Waals surface area contributed by atoms with Crippen LogP contribution in [0.1, 0.15) is 12.6 Å². The van der Waals surface area contributed by atoms with Crippen molar-refractivity contribution < 1.29 is 4.74 Å². The molecule has 0 aliphatic rings. The van der Waals surface area contributed by atoms with Crippen LogP contribution in [0.5, 0.6) is 5.75 Å². The summed E-state index contributed by atoms with van der Waals surface area (Å²) in [4.78, 5) is 4.45. The molecule has 0 saturated heterocycles. The van der Waals surface area contributed by atoms with E-state index in [0.717, 1.165) is 23.4 Å². The van der Waals surface area contributed by atoms with Crippen LogP contribution in [0.4, 0.5) is 0 Å². The number of aryl methyl sites for hydroxylation is 1. The van der Waals surface area contributed by atoms with E-state index < -0.39 is 0 Å².